The lowest BCUT2D eigenvalue weighted by molar-refractivity contribution is 0.367. The summed E-state index contributed by atoms with van der Waals surface area (Å²) in [6.07, 6.45) is 0. The Kier molecular flexibility index (Phi) is 1.93. The molecule has 7 nitrogen and oxygen atoms in total. The van der Waals surface area contributed by atoms with Crippen molar-refractivity contribution in [3.05, 3.63) is 12.1 Å². The molecular formula is C12H8O7. The quantitative estimate of drug-likeness (QED) is 0.341. The van der Waals surface area contributed by atoms with E-state index in [0.717, 1.165) is 12.1 Å². The van der Waals surface area contributed by atoms with Crippen LogP contribution in [0.15, 0.2) is 16.5 Å². The van der Waals surface area contributed by atoms with E-state index in [9.17, 15) is 30.6 Å². The molecule has 2 aromatic carbocycles. The lowest BCUT2D eigenvalue weighted by Gasteiger charge is -2.02. The Balaban J connectivity index is 2.62. The largest absolute Gasteiger partial charge is 0.504 e. The van der Waals surface area contributed by atoms with Gasteiger partial charge < -0.3 is 35.1 Å². The van der Waals surface area contributed by atoms with Crippen molar-refractivity contribution in [3.63, 3.8) is 0 Å². The minimum Gasteiger partial charge on any atom is -0.504 e. The molecule has 0 unspecified atom stereocenters. The lowest BCUT2D eigenvalue weighted by atomic mass is 10.1. The number of fused-ring (bicyclic) bond motifs is 3. The highest BCUT2D eigenvalue weighted by Gasteiger charge is 2.22. The van der Waals surface area contributed by atoms with E-state index in [-0.39, 0.29) is 21.9 Å². The van der Waals surface area contributed by atoms with Gasteiger partial charge >= 0.3 is 0 Å². The van der Waals surface area contributed by atoms with E-state index < -0.39 is 34.5 Å². The first kappa shape index (κ1) is 11.1. The molecule has 1 heterocycles. The topological polar surface area (TPSA) is 135 Å². The Morgan fingerprint density at radius 2 is 1.26 bits per heavy atom. The van der Waals surface area contributed by atoms with Gasteiger partial charge in [-0.05, 0) is 6.07 Å². The van der Waals surface area contributed by atoms with Gasteiger partial charge in [0.2, 0.25) is 17.2 Å². The molecule has 0 saturated heterocycles. The first-order valence-corrected chi connectivity index (χ1v) is 5.15. The second-order valence-electron chi connectivity index (χ2n) is 4.04. The second kappa shape index (κ2) is 3.29. The van der Waals surface area contributed by atoms with Gasteiger partial charge in [0.15, 0.2) is 22.8 Å². The van der Waals surface area contributed by atoms with Crippen LogP contribution in [-0.4, -0.2) is 30.6 Å². The predicted molar refractivity (Wildman–Crippen MR) is 63.7 cm³/mol. The summed E-state index contributed by atoms with van der Waals surface area (Å²) >= 11 is 0. The average Bonchev–Trinajstić information content (AvgIpc) is 2.72. The van der Waals surface area contributed by atoms with Crippen LogP contribution in [-0.2, 0) is 0 Å². The molecule has 0 spiro atoms. The van der Waals surface area contributed by atoms with E-state index in [1.165, 1.54) is 0 Å². The lowest BCUT2D eigenvalue weighted by Crippen LogP contribution is -1.75. The Morgan fingerprint density at radius 3 is 1.95 bits per heavy atom. The number of furan rings is 1. The maximum Gasteiger partial charge on any atom is 0.205 e. The molecule has 98 valence electrons. The van der Waals surface area contributed by atoms with Gasteiger partial charge in [0.1, 0.15) is 5.58 Å². The summed E-state index contributed by atoms with van der Waals surface area (Å²) in [5, 5.41) is 57.2. The van der Waals surface area contributed by atoms with Gasteiger partial charge in [0.05, 0.1) is 5.39 Å². The van der Waals surface area contributed by atoms with Crippen LogP contribution in [0, 0.1) is 0 Å². The number of rotatable bonds is 0. The molecule has 7 heteroatoms. The molecule has 0 atom stereocenters. The van der Waals surface area contributed by atoms with Crippen molar-refractivity contribution in [3.8, 4) is 34.5 Å². The highest BCUT2D eigenvalue weighted by molar-refractivity contribution is 6.12. The fourth-order valence-electron chi connectivity index (χ4n) is 1.99. The Morgan fingerprint density at radius 1 is 0.684 bits per heavy atom. The van der Waals surface area contributed by atoms with Gasteiger partial charge in [-0.15, -0.1) is 0 Å². The Hall–Kier alpha value is -2.96. The summed E-state index contributed by atoms with van der Waals surface area (Å²) in [4.78, 5) is 0. The molecule has 6 N–H and O–H groups in total. The second-order valence-corrected chi connectivity index (χ2v) is 4.04. The summed E-state index contributed by atoms with van der Waals surface area (Å²) in [5.41, 5.74) is -0.214. The van der Waals surface area contributed by atoms with E-state index in [2.05, 4.69) is 0 Å². The monoisotopic (exact) mass is 264 g/mol. The van der Waals surface area contributed by atoms with Gasteiger partial charge in [-0.25, -0.2) is 0 Å². The summed E-state index contributed by atoms with van der Waals surface area (Å²) in [7, 11) is 0. The number of aromatic hydroxyl groups is 6. The minimum absolute atomic E-state index is 0.00380. The van der Waals surface area contributed by atoms with Crippen LogP contribution >= 0.6 is 0 Å². The van der Waals surface area contributed by atoms with Crippen LogP contribution in [0.3, 0.4) is 0 Å². The summed E-state index contributed by atoms with van der Waals surface area (Å²) in [5.74, 6) is -4.08. The normalized spacial score (nSPS) is 11.4. The number of phenolic OH excluding ortho intramolecular Hbond substituents is 6. The van der Waals surface area contributed by atoms with Crippen molar-refractivity contribution >= 4 is 21.9 Å². The van der Waals surface area contributed by atoms with Crippen molar-refractivity contribution < 1.29 is 35.1 Å². The number of benzene rings is 2. The minimum atomic E-state index is -0.764. The highest BCUT2D eigenvalue weighted by Crippen LogP contribution is 2.50. The molecular weight excluding hydrogens is 256 g/mol. The van der Waals surface area contributed by atoms with Crippen LogP contribution in [0.5, 0.6) is 34.5 Å². The molecule has 3 aromatic rings. The van der Waals surface area contributed by atoms with Crippen LogP contribution in [0.1, 0.15) is 0 Å². The van der Waals surface area contributed by atoms with E-state index in [1.807, 2.05) is 0 Å². The Labute approximate surface area is 104 Å². The fraction of sp³-hybridized carbons (Fsp3) is 0. The first-order valence-electron chi connectivity index (χ1n) is 5.15. The zero-order valence-electron chi connectivity index (χ0n) is 9.25. The number of phenols is 6. The molecule has 0 fully saturated rings. The molecule has 3 rings (SSSR count). The third-order valence-electron chi connectivity index (χ3n) is 2.91. The SMILES string of the molecule is Oc1cc2c(oc3cc(O)c(O)c(O)c32)c(O)c1O. The summed E-state index contributed by atoms with van der Waals surface area (Å²) in [6.45, 7) is 0. The van der Waals surface area contributed by atoms with Crippen LogP contribution in [0.4, 0.5) is 0 Å². The first-order chi connectivity index (χ1) is 8.91. The molecule has 0 saturated carbocycles. The van der Waals surface area contributed by atoms with E-state index in [1.54, 1.807) is 0 Å². The molecule has 0 aliphatic rings. The van der Waals surface area contributed by atoms with Gasteiger partial charge in [0, 0.05) is 11.5 Å². The van der Waals surface area contributed by atoms with Crippen LogP contribution < -0.4 is 0 Å². The maximum absolute atomic E-state index is 9.78. The molecule has 0 aliphatic heterocycles. The van der Waals surface area contributed by atoms with Crippen molar-refractivity contribution in [1.82, 2.24) is 0 Å². The van der Waals surface area contributed by atoms with Gasteiger partial charge in [-0.3, -0.25) is 0 Å². The van der Waals surface area contributed by atoms with Crippen molar-refractivity contribution in [2.45, 2.75) is 0 Å². The Bertz CT molecular complexity index is 832. The van der Waals surface area contributed by atoms with Crippen LogP contribution in [0.25, 0.3) is 21.9 Å². The standard InChI is InChI=1S/C12H8O7/c13-4-1-3-7-6(2-5(14)8(15)10(7)17)19-12(3)11(18)9(4)16/h1-2,13-18H. The molecule has 1 aromatic heterocycles. The molecule has 0 aliphatic carbocycles. The predicted octanol–water partition coefficient (Wildman–Crippen LogP) is 1.82. The third-order valence-corrected chi connectivity index (χ3v) is 2.91. The molecule has 19 heavy (non-hydrogen) atoms. The fourth-order valence-corrected chi connectivity index (χ4v) is 1.99. The van der Waals surface area contributed by atoms with Gasteiger partial charge in [-0.2, -0.15) is 0 Å². The third kappa shape index (κ3) is 1.26. The summed E-state index contributed by atoms with van der Waals surface area (Å²) in [6, 6.07) is 2.10. The number of hydrogen-bond donors (Lipinski definition) is 6. The van der Waals surface area contributed by atoms with Crippen molar-refractivity contribution in [2.75, 3.05) is 0 Å². The molecule has 0 amide bonds. The van der Waals surface area contributed by atoms with Crippen molar-refractivity contribution in [2.24, 2.45) is 0 Å². The molecule has 0 radical (unpaired) electrons. The number of hydrogen-bond acceptors (Lipinski definition) is 7. The maximum atomic E-state index is 9.78. The van der Waals surface area contributed by atoms with Crippen molar-refractivity contribution in [1.29, 1.82) is 0 Å². The van der Waals surface area contributed by atoms with E-state index >= 15 is 0 Å². The van der Waals surface area contributed by atoms with Crippen LogP contribution in [0.2, 0.25) is 0 Å². The molecule has 0 bridgehead atoms. The van der Waals surface area contributed by atoms with E-state index in [0.29, 0.717) is 0 Å². The van der Waals surface area contributed by atoms with Gasteiger partial charge in [0.25, 0.3) is 0 Å². The summed E-state index contributed by atoms with van der Waals surface area (Å²) < 4.78 is 5.18. The zero-order chi connectivity index (χ0) is 13.9. The smallest absolute Gasteiger partial charge is 0.205 e. The zero-order valence-corrected chi connectivity index (χ0v) is 9.25. The average molecular weight is 264 g/mol. The highest BCUT2D eigenvalue weighted by atomic mass is 16.4. The van der Waals surface area contributed by atoms with Gasteiger partial charge in [-0.1, -0.05) is 0 Å². The van der Waals surface area contributed by atoms with E-state index in [4.69, 9.17) is 4.42 Å².